The highest BCUT2D eigenvalue weighted by Gasteiger charge is 2.34. The van der Waals surface area contributed by atoms with Gasteiger partial charge in [-0.2, -0.15) is 0 Å². The highest BCUT2D eigenvalue weighted by molar-refractivity contribution is 5.73. The Balaban J connectivity index is 2.54. The van der Waals surface area contributed by atoms with E-state index in [-0.39, 0.29) is 12.0 Å². The second-order valence-corrected chi connectivity index (χ2v) is 2.92. The lowest BCUT2D eigenvalue weighted by Crippen LogP contribution is -2.24. The van der Waals surface area contributed by atoms with Crippen LogP contribution in [0.1, 0.15) is 20.3 Å². The number of aliphatic carboxylic acids is 1. The lowest BCUT2D eigenvalue weighted by atomic mass is 10.0. The summed E-state index contributed by atoms with van der Waals surface area (Å²) in [6.07, 6.45) is 0.392. The molecule has 3 atom stereocenters. The van der Waals surface area contributed by atoms with Crippen LogP contribution in [0.5, 0.6) is 0 Å². The Morgan fingerprint density at radius 1 is 1.60 bits per heavy atom. The molecule has 1 saturated heterocycles. The Bertz CT molecular complexity index is 144. The molecule has 1 fully saturated rings. The Morgan fingerprint density at radius 3 is 2.40 bits per heavy atom. The summed E-state index contributed by atoms with van der Waals surface area (Å²) in [5, 5.41) is 8.58. The average molecular weight is 144 g/mol. The van der Waals surface area contributed by atoms with Crippen LogP contribution in [0.4, 0.5) is 0 Å². The summed E-state index contributed by atoms with van der Waals surface area (Å²) in [6.45, 7) is 3.81. The van der Waals surface area contributed by atoms with E-state index in [0.717, 1.165) is 6.42 Å². The maximum atomic E-state index is 10.4. The molecule has 0 radical (unpaired) electrons. The van der Waals surface area contributed by atoms with Gasteiger partial charge in [0.2, 0.25) is 0 Å². The molecule has 0 aromatic heterocycles. The summed E-state index contributed by atoms with van der Waals surface area (Å²) < 4.78 is 5.14. The summed E-state index contributed by atoms with van der Waals surface area (Å²) in [4.78, 5) is 10.4. The lowest BCUT2D eigenvalue weighted by Gasteiger charge is -2.07. The second kappa shape index (κ2) is 2.58. The van der Waals surface area contributed by atoms with Crippen LogP contribution in [0.25, 0.3) is 0 Å². The van der Waals surface area contributed by atoms with Gasteiger partial charge in [0.05, 0.1) is 6.10 Å². The predicted octanol–water partition coefficient (Wildman–Crippen LogP) is 0.885. The molecule has 3 nitrogen and oxygen atoms in total. The molecular weight excluding hydrogens is 132 g/mol. The molecule has 1 aliphatic heterocycles. The molecule has 0 bridgehead atoms. The summed E-state index contributed by atoms with van der Waals surface area (Å²) >= 11 is 0. The molecule has 1 N–H and O–H groups in total. The van der Waals surface area contributed by atoms with Crippen molar-refractivity contribution in [3.8, 4) is 0 Å². The summed E-state index contributed by atoms with van der Waals surface area (Å²) in [5.41, 5.74) is 0. The smallest absolute Gasteiger partial charge is 0.333 e. The second-order valence-electron chi connectivity index (χ2n) is 2.92. The molecule has 0 amide bonds. The van der Waals surface area contributed by atoms with E-state index >= 15 is 0 Å². The van der Waals surface area contributed by atoms with E-state index < -0.39 is 12.1 Å². The third-order valence-electron chi connectivity index (χ3n) is 1.84. The Morgan fingerprint density at radius 2 is 2.20 bits per heavy atom. The molecule has 10 heavy (non-hydrogen) atoms. The van der Waals surface area contributed by atoms with E-state index in [0.29, 0.717) is 0 Å². The van der Waals surface area contributed by atoms with Gasteiger partial charge in [-0.3, -0.25) is 0 Å². The van der Waals surface area contributed by atoms with Gasteiger partial charge < -0.3 is 9.84 Å². The van der Waals surface area contributed by atoms with Crippen molar-refractivity contribution in [2.24, 2.45) is 5.92 Å². The van der Waals surface area contributed by atoms with Gasteiger partial charge in [-0.15, -0.1) is 0 Å². The van der Waals surface area contributed by atoms with Crippen LogP contribution in [0, 0.1) is 5.92 Å². The molecule has 0 aromatic carbocycles. The SMILES string of the molecule is C[C@@H]1C[C@H](C)[C@@H](C(=O)O)O1. The van der Waals surface area contributed by atoms with Crippen molar-refractivity contribution < 1.29 is 14.6 Å². The average Bonchev–Trinajstić information content (AvgIpc) is 2.10. The van der Waals surface area contributed by atoms with E-state index in [1.807, 2.05) is 13.8 Å². The first-order valence-electron chi connectivity index (χ1n) is 3.49. The molecule has 58 valence electrons. The Labute approximate surface area is 60.0 Å². The molecule has 3 heteroatoms. The van der Waals surface area contributed by atoms with Crippen molar-refractivity contribution in [1.29, 1.82) is 0 Å². The number of hydrogen-bond donors (Lipinski definition) is 1. The van der Waals surface area contributed by atoms with Crippen LogP contribution < -0.4 is 0 Å². The van der Waals surface area contributed by atoms with Gasteiger partial charge >= 0.3 is 5.97 Å². The number of ether oxygens (including phenoxy) is 1. The summed E-state index contributed by atoms with van der Waals surface area (Å²) in [5.74, 6) is -0.677. The standard InChI is InChI=1S/C7H12O3/c1-4-3-5(2)10-6(4)7(8)9/h4-6H,3H2,1-2H3,(H,8,9)/t4-,5+,6-/m0/s1. The molecule has 1 aliphatic rings. The topological polar surface area (TPSA) is 46.5 Å². The highest BCUT2D eigenvalue weighted by atomic mass is 16.5. The monoisotopic (exact) mass is 144 g/mol. The molecule has 1 heterocycles. The number of carboxylic acid groups (broad SMARTS) is 1. The Hall–Kier alpha value is -0.570. The molecule has 0 spiro atoms. The van der Waals surface area contributed by atoms with Crippen molar-refractivity contribution in [2.45, 2.75) is 32.5 Å². The minimum atomic E-state index is -0.836. The zero-order valence-electron chi connectivity index (χ0n) is 6.20. The first kappa shape index (κ1) is 7.54. The number of hydrogen-bond acceptors (Lipinski definition) is 2. The fourth-order valence-corrected chi connectivity index (χ4v) is 1.39. The third kappa shape index (κ3) is 1.29. The van der Waals surface area contributed by atoms with Gasteiger partial charge in [0.25, 0.3) is 0 Å². The number of carboxylic acids is 1. The first-order valence-corrected chi connectivity index (χ1v) is 3.49. The predicted molar refractivity (Wildman–Crippen MR) is 35.8 cm³/mol. The van der Waals surface area contributed by atoms with Gasteiger partial charge in [0.15, 0.2) is 6.10 Å². The van der Waals surface area contributed by atoms with Crippen molar-refractivity contribution in [3.05, 3.63) is 0 Å². The molecule has 1 rings (SSSR count). The van der Waals surface area contributed by atoms with E-state index in [1.165, 1.54) is 0 Å². The normalized spacial score (nSPS) is 40.0. The summed E-state index contributed by atoms with van der Waals surface area (Å²) in [7, 11) is 0. The fraction of sp³-hybridized carbons (Fsp3) is 0.857. The molecule has 0 unspecified atom stereocenters. The quantitative estimate of drug-likeness (QED) is 0.594. The van der Waals surface area contributed by atoms with Crippen LogP contribution in [-0.2, 0) is 9.53 Å². The van der Waals surface area contributed by atoms with Gasteiger partial charge in [0.1, 0.15) is 0 Å². The first-order chi connectivity index (χ1) is 4.61. The number of carbonyl (C=O) groups is 1. The van der Waals surface area contributed by atoms with Crippen molar-refractivity contribution in [3.63, 3.8) is 0 Å². The third-order valence-corrected chi connectivity index (χ3v) is 1.84. The molecule has 0 aromatic rings. The minimum Gasteiger partial charge on any atom is -0.479 e. The van der Waals surface area contributed by atoms with Crippen molar-refractivity contribution >= 4 is 5.97 Å². The van der Waals surface area contributed by atoms with E-state index in [1.54, 1.807) is 0 Å². The van der Waals surface area contributed by atoms with E-state index in [4.69, 9.17) is 9.84 Å². The lowest BCUT2D eigenvalue weighted by molar-refractivity contribution is -0.150. The maximum absolute atomic E-state index is 10.4. The zero-order valence-corrected chi connectivity index (χ0v) is 6.20. The molecular formula is C7H12O3. The minimum absolute atomic E-state index is 0.107. The van der Waals surface area contributed by atoms with E-state index in [9.17, 15) is 4.79 Å². The molecule has 0 aliphatic carbocycles. The molecule has 0 saturated carbocycles. The summed E-state index contributed by atoms with van der Waals surface area (Å²) in [6, 6.07) is 0. The number of rotatable bonds is 1. The van der Waals surface area contributed by atoms with Crippen molar-refractivity contribution in [2.75, 3.05) is 0 Å². The van der Waals surface area contributed by atoms with Gasteiger partial charge in [-0.05, 0) is 19.3 Å². The van der Waals surface area contributed by atoms with Crippen LogP contribution >= 0.6 is 0 Å². The van der Waals surface area contributed by atoms with Crippen LogP contribution in [0.15, 0.2) is 0 Å². The Kier molecular flexibility index (Phi) is 1.94. The van der Waals surface area contributed by atoms with Crippen LogP contribution in [0.3, 0.4) is 0 Å². The van der Waals surface area contributed by atoms with Crippen LogP contribution in [0.2, 0.25) is 0 Å². The van der Waals surface area contributed by atoms with Gasteiger partial charge in [0, 0.05) is 0 Å². The fourth-order valence-electron chi connectivity index (χ4n) is 1.39. The van der Waals surface area contributed by atoms with Crippen molar-refractivity contribution in [1.82, 2.24) is 0 Å². The zero-order chi connectivity index (χ0) is 7.72. The van der Waals surface area contributed by atoms with E-state index in [2.05, 4.69) is 0 Å². The van der Waals surface area contributed by atoms with Crippen LogP contribution in [-0.4, -0.2) is 23.3 Å². The van der Waals surface area contributed by atoms with Gasteiger partial charge in [-0.25, -0.2) is 4.79 Å². The maximum Gasteiger partial charge on any atom is 0.333 e. The van der Waals surface area contributed by atoms with Gasteiger partial charge in [-0.1, -0.05) is 6.92 Å². The largest absolute Gasteiger partial charge is 0.479 e. The highest BCUT2D eigenvalue weighted by Crippen LogP contribution is 2.25.